The molecular formula is C18H24ClFN2O2. The first-order chi connectivity index (χ1) is 11.1. The second-order valence-corrected chi connectivity index (χ2v) is 7.75. The highest BCUT2D eigenvalue weighted by molar-refractivity contribution is 6.31. The maximum Gasteiger partial charge on any atom is 0.245 e. The Labute approximate surface area is 147 Å². The first kappa shape index (κ1) is 18.7. The van der Waals surface area contributed by atoms with Gasteiger partial charge in [0.1, 0.15) is 11.9 Å². The quantitative estimate of drug-likeness (QED) is 0.879. The zero-order valence-corrected chi connectivity index (χ0v) is 15.3. The summed E-state index contributed by atoms with van der Waals surface area (Å²) in [4.78, 5) is 26.5. The van der Waals surface area contributed by atoms with Crippen LogP contribution in [0.15, 0.2) is 18.2 Å². The summed E-state index contributed by atoms with van der Waals surface area (Å²) in [6.45, 7) is 7.14. The number of rotatable bonds is 5. The van der Waals surface area contributed by atoms with E-state index in [0.717, 1.165) is 12.8 Å². The Balaban J connectivity index is 2.13. The lowest BCUT2D eigenvalue weighted by atomic mass is 9.95. The second kappa shape index (κ2) is 7.09. The van der Waals surface area contributed by atoms with Crippen molar-refractivity contribution in [3.05, 3.63) is 34.6 Å². The van der Waals surface area contributed by atoms with Gasteiger partial charge in [-0.2, -0.15) is 0 Å². The molecule has 4 nitrogen and oxygen atoms in total. The fourth-order valence-corrected chi connectivity index (χ4v) is 2.57. The molecule has 1 aliphatic carbocycles. The molecule has 0 aliphatic heterocycles. The highest BCUT2D eigenvalue weighted by atomic mass is 35.5. The van der Waals surface area contributed by atoms with Crippen molar-refractivity contribution in [2.45, 2.75) is 59.2 Å². The van der Waals surface area contributed by atoms with E-state index in [4.69, 9.17) is 11.6 Å². The van der Waals surface area contributed by atoms with E-state index in [1.54, 1.807) is 38.7 Å². The molecule has 0 bridgehead atoms. The lowest BCUT2D eigenvalue weighted by Gasteiger charge is -2.28. The van der Waals surface area contributed by atoms with E-state index in [-0.39, 0.29) is 24.4 Å². The molecule has 6 heteroatoms. The number of carbonyl (C=O) groups is 2. The highest BCUT2D eigenvalue weighted by Gasteiger charge is 2.36. The minimum Gasteiger partial charge on any atom is -0.344 e. The molecule has 132 valence electrons. The van der Waals surface area contributed by atoms with Crippen LogP contribution in [0.1, 0.15) is 46.1 Å². The van der Waals surface area contributed by atoms with Crippen molar-refractivity contribution in [2.75, 3.05) is 0 Å². The minimum absolute atomic E-state index is 0.0853. The molecule has 0 radical (unpaired) electrons. The second-order valence-electron chi connectivity index (χ2n) is 7.34. The summed E-state index contributed by atoms with van der Waals surface area (Å²) in [6, 6.07) is 3.91. The van der Waals surface area contributed by atoms with Crippen LogP contribution in [-0.4, -0.2) is 28.8 Å². The van der Waals surface area contributed by atoms with Crippen LogP contribution in [0.4, 0.5) is 4.39 Å². The highest BCUT2D eigenvalue weighted by Crippen LogP contribution is 2.31. The van der Waals surface area contributed by atoms with Crippen LogP contribution in [-0.2, 0) is 16.1 Å². The van der Waals surface area contributed by atoms with Crippen molar-refractivity contribution < 1.29 is 14.0 Å². The topological polar surface area (TPSA) is 49.4 Å². The normalized spacial score (nSPS) is 15.8. The molecule has 1 aromatic rings. The molecule has 1 fully saturated rings. The van der Waals surface area contributed by atoms with Gasteiger partial charge in [-0.3, -0.25) is 9.59 Å². The molecule has 2 amide bonds. The molecule has 0 heterocycles. The standard InChI is InChI=1S/C18H24ClFN2O2/c1-11(21-17(24)18(2,3)4)16(23)22(12-8-9-12)10-13-14(19)6-5-7-15(13)20/h5-7,11-12H,8-10H2,1-4H3,(H,21,24). The molecule has 1 unspecified atom stereocenters. The minimum atomic E-state index is -0.664. The summed E-state index contributed by atoms with van der Waals surface area (Å²) < 4.78 is 14.0. The third-order valence-corrected chi connectivity index (χ3v) is 4.41. The predicted molar refractivity (Wildman–Crippen MR) is 92.0 cm³/mol. The van der Waals surface area contributed by atoms with Crippen LogP contribution in [0.25, 0.3) is 0 Å². The third-order valence-electron chi connectivity index (χ3n) is 4.06. The first-order valence-electron chi connectivity index (χ1n) is 8.15. The molecular weight excluding hydrogens is 331 g/mol. The van der Waals surface area contributed by atoms with Gasteiger partial charge >= 0.3 is 0 Å². The number of nitrogens with one attached hydrogen (secondary N) is 1. The average Bonchev–Trinajstić information content (AvgIpc) is 3.30. The van der Waals surface area contributed by atoms with Crippen molar-refractivity contribution in [1.82, 2.24) is 10.2 Å². The first-order valence-corrected chi connectivity index (χ1v) is 8.53. The number of amides is 2. The molecule has 1 aliphatic rings. The molecule has 1 N–H and O–H groups in total. The van der Waals surface area contributed by atoms with E-state index >= 15 is 0 Å². The van der Waals surface area contributed by atoms with Gasteiger partial charge < -0.3 is 10.2 Å². The van der Waals surface area contributed by atoms with Gasteiger partial charge in [0.15, 0.2) is 0 Å². The van der Waals surface area contributed by atoms with Crippen LogP contribution < -0.4 is 5.32 Å². The van der Waals surface area contributed by atoms with Gasteiger partial charge in [-0.15, -0.1) is 0 Å². The monoisotopic (exact) mass is 354 g/mol. The summed E-state index contributed by atoms with van der Waals surface area (Å²) >= 11 is 6.08. The number of halogens is 2. The Morgan fingerprint density at radius 1 is 1.38 bits per heavy atom. The van der Waals surface area contributed by atoms with Crippen molar-refractivity contribution in [2.24, 2.45) is 5.41 Å². The Hall–Kier alpha value is -1.62. The van der Waals surface area contributed by atoms with Gasteiger partial charge in [0.25, 0.3) is 0 Å². The number of benzene rings is 1. The fraction of sp³-hybridized carbons (Fsp3) is 0.556. The Morgan fingerprint density at radius 3 is 2.50 bits per heavy atom. The van der Waals surface area contributed by atoms with Crippen molar-refractivity contribution >= 4 is 23.4 Å². The summed E-state index contributed by atoms with van der Waals surface area (Å²) in [7, 11) is 0. The van der Waals surface area contributed by atoms with Gasteiger partial charge in [-0.25, -0.2) is 4.39 Å². The summed E-state index contributed by atoms with van der Waals surface area (Å²) in [5.74, 6) is -0.829. The van der Waals surface area contributed by atoms with Crippen LogP contribution in [0, 0.1) is 11.2 Å². The molecule has 0 aromatic heterocycles. The van der Waals surface area contributed by atoms with Crippen LogP contribution in [0.5, 0.6) is 0 Å². The van der Waals surface area contributed by atoms with Gasteiger partial charge in [-0.05, 0) is 31.9 Å². The lowest BCUT2D eigenvalue weighted by molar-refractivity contribution is -0.139. The smallest absolute Gasteiger partial charge is 0.245 e. The van der Waals surface area contributed by atoms with Crippen LogP contribution >= 0.6 is 11.6 Å². The molecule has 2 rings (SSSR count). The molecule has 1 atom stereocenters. The van der Waals surface area contributed by atoms with Gasteiger partial charge in [0, 0.05) is 22.0 Å². The van der Waals surface area contributed by atoms with Gasteiger partial charge in [0.05, 0.1) is 6.54 Å². The molecule has 24 heavy (non-hydrogen) atoms. The van der Waals surface area contributed by atoms with E-state index in [1.165, 1.54) is 12.1 Å². The van der Waals surface area contributed by atoms with Crippen LogP contribution in [0.2, 0.25) is 5.02 Å². The summed E-state index contributed by atoms with van der Waals surface area (Å²) in [6.07, 6.45) is 1.77. The zero-order valence-electron chi connectivity index (χ0n) is 14.5. The van der Waals surface area contributed by atoms with E-state index in [0.29, 0.717) is 10.6 Å². The summed E-state index contributed by atoms with van der Waals surface area (Å²) in [5, 5.41) is 3.05. The van der Waals surface area contributed by atoms with E-state index in [1.807, 2.05) is 0 Å². The maximum atomic E-state index is 14.0. The predicted octanol–water partition coefficient (Wildman–Crippen LogP) is 3.52. The molecule has 0 spiro atoms. The number of carbonyl (C=O) groups excluding carboxylic acids is 2. The third kappa shape index (κ3) is 4.47. The van der Waals surface area contributed by atoms with Crippen LogP contribution in [0.3, 0.4) is 0 Å². The molecule has 0 saturated heterocycles. The van der Waals surface area contributed by atoms with E-state index in [9.17, 15) is 14.0 Å². The number of hydrogen-bond acceptors (Lipinski definition) is 2. The SMILES string of the molecule is CC(NC(=O)C(C)(C)C)C(=O)N(Cc1c(F)cccc1Cl)C1CC1. The van der Waals surface area contributed by atoms with Crippen molar-refractivity contribution in [1.29, 1.82) is 0 Å². The van der Waals surface area contributed by atoms with Gasteiger partial charge in [0.2, 0.25) is 11.8 Å². The summed E-state index contributed by atoms with van der Waals surface area (Å²) in [5.41, 5.74) is -0.262. The van der Waals surface area contributed by atoms with Crippen molar-refractivity contribution in [3.63, 3.8) is 0 Å². The lowest BCUT2D eigenvalue weighted by Crippen LogP contribution is -2.50. The zero-order chi connectivity index (χ0) is 18.1. The Kier molecular flexibility index (Phi) is 5.53. The Morgan fingerprint density at radius 2 is 2.00 bits per heavy atom. The van der Waals surface area contributed by atoms with E-state index in [2.05, 4.69) is 5.32 Å². The van der Waals surface area contributed by atoms with Gasteiger partial charge in [-0.1, -0.05) is 38.4 Å². The molecule has 1 saturated carbocycles. The maximum absolute atomic E-state index is 14.0. The number of nitrogens with zero attached hydrogens (tertiary/aromatic N) is 1. The van der Waals surface area contributed by atoms with E-state index < -0.39 is 17.3 Å². The Bertz CT molecular complexity index is 618. The number of hydrogen-bond donors (Lipinski definition) is 1. The largest absolute Gasteiger partial charge is 0.344 e. The fourth-order valence-electron chi connectivity index (χ4n) is 2.35. The molecule has 1 aromatic carbocycles. The van der Waals surface area contributed by atoms with Crippen molar-refractivity contribution in [3.8, 4) is 0 Å². The average molecular weight is 355 g/mol.